The largest absolute Gasteiger partial charge is 0.387 e. The highest BCUT2D eigenvalue weighted by Crippen LogP contribution is 2.35. The molecule has 0 unspecified atom stereocenters. The molecule has 0 spiro atoms. The first-order valence-electron chi connectivity index (χ1n) is 7.89. The molecule has 0 atom stereocenters. The second-order valence-electron chi connectivity index (χ2n) is 5.67. The van der Waals surface area contributed by atoms with Crippen molar-refractivity contribution in [3.8, 4) is 10.6 Å². The molecule has 2 N–H and O–H groups in total. The van der Waals surface area contributed by atoms with Gasteiger partial charge in [0, 0.05) is 25.1 Å². The number of nitrogens with one attached hydrogen (secondary N) is 2. The molecule has 4 aromatic rings. The zero-order valence-electron chi connectivity index (χ0n) is 14.2. The van der Waals surface area contributed by atoms with Crippen LogP contribution in [-0.4, -0.2) is 21.4 Å². The number of anilines is 2. The minimum Gasteiger partial charge on any atom is -0.387 e. The highest BCUT2D eigenvalue weighted by molar-refractivity contribution is 7.20. The van der Waals surface area contributed by atoms with Gasteiger partial charge >= 0.3 is 0 Å². The van der Waals surface area contributed by atoms with Crippen molar-refractivity contribution in [2.45, 2.75) is 6.92 Å². The number of thiophene rings is 1. The van der Waals surface area contributed by atoms with E-state index in [4.69, 9.17) is 11.6 Å². The van der Waals surface area contributed by atoms with Crippen molar-refractivity contribution < 1.29 is 0 Å². The van der Waals surface area contributed by atoms with Crippen LogP contribution in [0, 0.1) is 6.92 Å². The molecule has 0 aliphatic carbocycles. The van der Waals surface area contributed by atoms with E-state index in [2.05, 4.69) is 27.2 Å². The van der Waals surface area contributed by atoms with Crippen molar-refractivity contribution in [3.05, 3.63) is 58.8 Å². The van der Waals surface area contributed by atoms with E-state index in [-0.39, 0.29) is 0 Å². The summed E-state index contributed by atoms with van der Waals surface area (Å²) in [7, 11) is 1.87. The van der Waals surface area contributed by atoms with Gasteiger partial charge in [-0.1, -0.05) is 29.5 Å². The van der Waals surface area contributed by atoms with Gasteiger partial charge in [-0.15, -0.1) is 11.3 Å². The van der Waals surface area contributed by atoms with E-state index in [1.807, 2.05) is 55.0 Å². The Bertz CT molecular complexity index is 1110. The molecule has 0 saturated heterocycles. The first-order chi connectivity index (χ1) is 12.5. The van der Waals surface area contributed by atoms with Crippen LogP contribution in [-0.2, 0) is 0 Å². The van der Waals surface area contributed by atoms with Gasteiger partial charge in [-0.05, 0) is 31.2 Å². The lowest BCUT2D eigenvalue weighted by Crippen LogP contribution is -2.00. The predicted molar refractivity (Wildman–Crippen MR) is 112 cm³/mol. The van der Waals surface area contributed by atoms with Crippen LogP contribution in [0.25, 0.3) is 21.9 Å². The zero-order valence-corrected chi connectivity index (χ0v) is 16.6. The van der Waals surface area contributed by atoms with Gasteiger partial charge in [0.1, 0.15) is 5.65 Å². The molecule has 132 valence electrons. The molecule has 0 saturated carbocycles. The molecule has 4 aromatic heterocycles. The summed E-state index contributed by atoms with van der Waals surface area (Å²) in [6, 6.07) is 7.83. The van der Waals surface area contributed by atoms with Gasteiger partial charge in [-0.25, -0.2) is 9.97 Å². The number of pyridine rings is 1. The molecule has 0 bridgehead atoms. The SMILES string of the molecule is C=C(NC)c1ccc(Nc2ncc(-c3c(C)nc4ccc(Cl)cn34)s2)s1. The number of thiazole rings is 1. The van der Waals surface area contributed by atoms with Crippen LogP contribution in [0.4, 0.5) is 10.1 Å². The fourth-order valence-electron chi connectivity index (χ4n) is 2.67. The first-order valence-corrected chi connectivity index (χ1v) is 9.90. The van der Waals surface area contributed by atoms with Crippen molar-refractivity contribution in [1.29, 1.82) is 0 Å². The topological polar surface area (TPSA) is 54.2 Å². The summed E-state index contributed by atoms with van der Waals surface area (Å²) in [6.45, 7) is 5.98. The van der Waals surface area contributed by atoms with Crippen LogP contribution in [0.1, 0.15) is 10.6 Å². The van der Waals surface area contributed by atoms with Gasteiger partial charge in [-0.3, -0.25) is 4.40 Å². The zero-order chi connectivity index (χ0) is 18.3. The number of rotatable bonds is 5. The highest BCUT2D eigenvalue weighted by atomic mass is 35.5. The molecular weight excluding hydrogens is 386 g/mol. The van der Waals surface area contributed by atoms with Crippen LogP contribution in [0.15, 0.2) is 43.2 Å². The Morgan fingerprint density at radius 3 is 2.88 bits per heavy atom. The minimum atomic E-state index is 0.676. The number of aryl methyl sites for hydroxylation is 1. The fourth-order valence-corrected chi connectivity index (χ4v) is 4.70. The molecule has 0 radical (unpaired) electrons. The van der Waals surface area contributed by atoms with Gasteiger partial charge in [-0.2, -0.15) is 0 Å². The summed E-state index contributed by atoms with van der Waals surface area (Å²) in [4.78, 5) is 11.3. The van der Waals surface area contributed by atoms with Gasteiger partial charge in [0.25, 0.3) is 0 Å². The number of hydrogen-bond donors (Lipinski definition) is 2. The summed E-state index contributed by atoms with van der Waals surface area (Å²) in [6.07, 6.45) is 3.75. The summed E-state index contributed by atoms with van der Waals surface area (Å²) in [5.41, 5.74) is 3.74. The summed E-state index contributed by atoms with van der Waals surface area (Å²) in [5.74, 6) is 0. The first kappa shape index (κ1) is 17.1. The van der Waals surface area contributed by atoms with Crippen molar-refractivity contribution >= 4 is 55.8 Å². The molecule has 5 nitrogen and oxygen atoms in total. The molecule has 0 aliphatic rings. The van der Waals surface area contributed by atoms with Crippen molar-refractivity contribution in [1.82, 2.24) is 19.7 Å². The average molecular weight is 402 g/mol. The Morgan fingerprint density at radius 1 is 1.23 bits per heavy atom. The summed E-state index contributed by atoms with van der Waals surface area (Å²) < 4.78 is 2.01. The maximum absolute atomic E-state index is 6.16. The molecule has 8 heteroatoms. The molecule has 26 heavy (non-hydrogen) atoms. The maximum atomic E-state index is 6.16. The van der Waals surface area contributed by atoms with E-state index in [0.717, 1.165) is 42.6 Å². The van der Waals surface area contributed by atoms with Gasteiger partial charge in [0.15, 0.2) is 5.13 Å². The fraction of sp³-hybridized carbons (Fsp3) is 0.111. The van der Waals surface area contributed by atoms with E-state index in [1.54, 1.807) is 22.7 Å². The minimum absolute atomic E-state index is 0.676. The Balaban J connectivity index is 1.64. The van der Waals surface area contributed by atoms with Crippen LogP contribution >= 0.6 is 34.3 Å². The average Bonchev–Trinajstić information content (AvgIpc) is 3.33. The quantitative estimate of drug-likeness (QED) is 0.469. The van der Waals surface area contributed by atoms with Gasteiger partial charge in [0.05, 0.1) is 31.2 Å². The third kappa shape index (κ3) is 3.09. The molecule has 0 aliphatic heterocycles. The number of halogens is 1. The Morgan fingerprint density at radius 2 is 2.08 bits per heavy atom. The van der Waals surface area contributed by atoms with Crippen LogP contribution in [0.5, 0.6) is 0 Å². The van der Waals surface area contributed by atoms with Gasteiger partial charge in [0.2, 0.25) is 0 Å². The van der Waals surface area contributed by atoms with E-state index < -0.39 is 0 Å². The lowest BCUT2D eigenvalue weighted by atomic mass is 10.3. The summed E-state index contributed by atoms with van der Waals surface area (Å²) in [5, 5.41) is 8.96. The number of nitrogens with zero attached hydrogens (tertiary/aromatic N) is 3. The highest BCUT2D eigenvalue weighted by Gasteiger charge is 2.15. The van der Waals surface area contributed by atoms with Crippen molar-refractivity contribution in [3.63, 3.8) is 0 Å². The van der Waals surface area contributed by atoms with Crippen LogP contribution in [0.2, 0.25) is 5.02 Å². The van der Waals surface area contributed by atoms with Crippen molar-refractivity contribution in [2.75, 3.05) is 12.4 Å². The van der Waals surface area contributed by atoms with Gasteiger partial charge < -0.3 is 10.6 Å². The standard InChI is InChI=1S/C18H16ClN5S2/c1-10(20-3)13-5-7-16(25-13)23-18-21-8-14(26-18)17-11(2)22-15-6-4-12(19)9-24(15)17/h4-9,20H,1H2,2-3H3,(H,21,23). The molecule has 0 fully saturated rings. The van der Waals surface area contributed by atoms with E-state index in [9.17, 15) is 0 Å². The normalized spacial score (nSPS) is 11.0. The van der Waals surface area contributed by atoms with E-state index in [1.165, 1.54) is 0 Å². The predicted octanol–water partition coefficient (Wildman–Crippen LogP) is 5.41. The Labute approximate surface area is 164 Å². The van der Waals surface area contributed by atoms with E-state index >= 15 is 0 Å². The smallest absolute Gasteiger partial charge is 0.188 e. The second kappa shape index (κ2) is 6.75. The van der Waals surface area contributed by atoms with E-state index in [0.29, 0.717) is 5.02 Å². The van der Waals surface area contributed by atoms with Crippen LogP contribution < -0.4 is 10.6 Å². The summed E-state index contributed by atoms with van der Waals surface area (Å²) >= 11 is 9.38. The lowest BCUT2D eigenvalue weighted by Gasteiger charge is -2.01. The monoisotopic (exact) mass is 401 g/mol. The molecule has 4 rings (SSSR count). The van der Waals surface area contributed by atoms with Crippen molar-refractivity contribution in [2.24, 2.45) is 0 Å². The molecule has 0 amide bonds. The lowest BCUT2D eigenvalue weighted by molar-refractivity contribution is 1.14. The molecule has 4 heterocycles. The third-order valence-electron chi connectivity index (χ3n) is 3.93. The Hall–Kier alpha value is -2.35. The molecular formula is C18H16ClN5S2. The Kier molecular flexibility index (Phi) is 4.44. The number of fused-ring (bicyclic) bond motifs is 1. The number of hydrogen-bond acceptors (Lipinski definition) is 6. The third-order valence-corrected chi connectivity index (χ3v) is 6.13. The maximum Gasteiger partial charge on any atom is 0.188 e. The second-order valence-corrected chi connectivity index (χ2v) is 8.22. The number of imidazole rings is 1. The number of aromatic nitrogens is 3. The van der Waals surface area contributed by atoms with Crippen LogP contribution in [0.3, 0.4) is 0 Å². The molecule has 0 aromatic carbocycles.